The summed E-state index contributed by atoms with van der Waals surface area (Å²) in [5.74, 6) is 0.111. The maximum atomic E-state index is 12.5. The number of hydrogen-bond donors (Lipinski definition) is 1. The lowest BCUT2D eigenvalue weighted by molar-refractivity contribution is -0.142. The van der Waals surface area contributed by atoms with E-state index in [1.54, 1.807) is 6.08 Å². The maximum Gasteiger partial charge on any atom is 0.330 e. The third kappa shape index (κ3) is 10.5. The molecule has 0 aromatic rings. The summed E-state index contributed by atoms with van der Waals surface area (Å²) >= 11 is 0. The fraction of sp³-hybridized carbons (Fsp3) is 0.567. The third-order valence-electron chi connectivity index (χ3n) is 6.56. The standard InChI is InChI=1S/C30H42O5/c1-22-16-17-33-28(20-22)13-5-11-27-9-4-8-25(31)19-23(2)18-24(3)21-29-14-6-10-26(34-29)12-7-15-30(32)35-27/h4-8,10,13,15-16,19,24-29,31H,9,11-12,14,17-18,20-21H2,1-3H3/b8-4+,13-5+,15-7-,23-19-/t24-,25+,26-,27-,28+,29-/m0/s1. The summed E-state index contributed by atoms with van der Waals surface area (Å²) in [6, 6.07) is 0. The highest BCUT2D eigenvalue weighted by atomic mass is 16.5. The number of cyclic esters (lactones) is 1. The molecule has 35 heavy (non-hydrogen) atoms. The molecule has 2 bridgehead atoms. The summed E-state index contributed by atoms with van der Waals surface area (Å²) in [5.41, 5.74) is 2.50. The number of carbonyl (C=O) groups is 1. The Balaban J connectivity index is 1.67. The molecule has 192 valence electrons. The zero-order valence-electron chi connectivity index (χ0n) is 21.5. The first-order valence-corrected chi connectivity index (χ1v) is 13.0. The highest BCUT2D eigenvalue weighted by Gasteiger charge is 2.20. The normalized spacial score (nSPS) is 36.9. The molecule has 1 N–H and O–H groups in total. The summed E-state index contributed by atoms with van der Waals surface area (Å²) in [6.45, 7) is 7.06. The number of aliphatic hydroxyl groups is 1. The van der Waals surface area contributed by atoms with E-state index >= 15 is 0 Å². The lowest BCUT2D eigenvalue weighted by Crippen LogP contribution is -2.25. The summed E-state index contributed by atoms with van der Waals surface area (Å²) in [4.78, 5) is 12.5. The Morgan fingerprint density at radius 3 is 2.71 bits per heavy atom. The molecular weight excluding hydrogens is 440 g/mol. The van der Waals surface area contributed by atoms with Crippen molar-refractivity contribution in [2.24, 2.45) is 5.92 Å². The van der Waals surface area contributed by atoms with Crippen LogP contribution in [0.2, 0.25) is 0 Å². The van der Waals surface area contributed by atoms with E-state index in [0.29, 0.717) is 31.8 Å². The molecule has 0 saturated heterocycles. The van der Waals surface area contributed by atoms with Gasteiger partial charge in [0.15, 0.2) is 0 Å². The minimum atomic E-state index is -0.656. The van der Waals surface area contributed by atoms with Gasteiger partial charge in [-0.25, -0.2) is 4.79 Å². The molecule has 3 aliphatic rings. The molecule has 0 saturated carbocycles. The quantitative estimate of drug-likeness (QED) is 0.399. The van der Waals surface area contributed by atoms with Crippen molar-refractivity contribution in [2.75, 3.05) is 6.61 Å². The molecule has 0 aliphatic carbocycles. The number of ether oxygens (including phenoxy) is 3. The van der Waals surface area contributed by atoms with Crippen LogP contribution in [0.15, 0.2) is 71.9 Å². The van der Waals surface area contributed by atoms with Crippen molar-refractivity contribution < 1.29 is 24.1 Å². The van der Waals surface area contributed by atoms with E-state index in [2.05, 4.69) is 45.1 Å². The first-order chi connectivity index (χ1) is 16.9. The number of aliphatic hydroxyl groups excluding tert-OH is 1. The van der Waals surface area contributed by atoms with Gasteiger partial charge in [-0.05, 0) is 51.9 Å². The van der Waals surface area contributed by atoms with Gasteiger partial charge < -0.3 is 19.3 Å². The molecule has 3 rings (SSSR count). The molecule has 0 aromatic heterocycles. The summed E-state index contributed by atoms with van der Waals surface area (Å²) < 4.78 is 17.7. The largest absolute Gasteiger partial charge is 0.459 e. The van der Waals surface area contributed by atoms with Crippen molar-refractivity contribution in [3.63, 3.8) is 0 Å². The lowest BCUT2D eigenvalue weighted by Gasteiger charge is -2.27. The molecule has 0 unspecified atom stereocenters. The van der Waals surface area contributed by atoms with Crippen molar-refractivity contribution >= 4 is 5.97 Å². The molecule has 5 nitrogen and oxygen atoms in total. The molecule has 3 heterocycles. The van der Waals surface area contributed by atoms with Gasteiger partial charge in [-0.3, -0.25) is 0 Å². The molecule has 0 spiro atoms. The Labute approximate surface area is 210 Å². The van der Waals surface area contributed by atoms with E-state index in [9.17, 15) is 9.90 Å². The second-order valence-corrected chi connectivity index (χ2v) is 10.2. The van der Waals surface area contributed by atoms with Gasteiger partial charge in [-0.1, -0.05) is 72.8 Å². The zero-order chi connectivity index (χ0) is 25.0. The van der Waals surface area contributed by atoms with Crippen LogP contribution in [0.1, 0.15) is 65.7 Å². The van der Waals surface area contributed by atoms with Crippen LogP contribution in [0.3, 0.4) is 0 Å². The SMILES string of the molecule is CC1=CCO[C@H](/C=C/C[C@@H]2C/C=C/[C@@H](O)/C=C(/C)C[C@H](C)C[C@@H]3CC=C[C@@H](C/C=C\C(=O)O2)O3)C1. The predicted molar refractivity (Wildman–Crippen MR) is 140 cm³/mol. The van der Waals surface area contributed by atoms with Gasteiger partial charge in [-0.2, -0.15) is 0 Å². The average Bonchev–Trinajstić information content (AvgIpc) is 2.78. The average molecular weight is 483 g/mol. The second-order valence-electron chi connectivity index (χ2n) is 10.2. The van der Waals surface area contributed by atoms with Crippen LogP contribution in [0.5, 0.6) is 0 Å². The van der Waals surface area contributed by atoms with Crippen LogP contribution in [0.4, 0.5) is 0 Å². The predicted octanol–water partition coefficient (Wildman–Crippen LogP) is 5.92. The topological polar surface area (TPSA) is 65.0 Å². The summed E-state index contributed by atoms with van der Waals surface area (Å²) in [7, 11) is 0. The van der Waals surface area contributed by atoms with Crippen LogP contribution in [0.25, 0.3) is 0 Å². The number of esters is 1. The van der Waals surface area contributed by atoms with E-state index in [1.807, 2.05) is 24.3 Å². The molecular formula is C30H42O5. The minimum absolute atomic E-state index is 0.0167. The Hall–Kier alpha value is -2.21. The van der Waals surface area contributed by atoms with Crippen molar-refractivity contribution in [3.8, 4) is 0 Å². The molecule has 0 aromatic carbocycles. The Kier molecular flexibility index (Phi) is 11.2. The van der Waals surface area contributed by atoms with Crippen LogP contribution >= 0.6 is 0 Å². The van der Waals surface area contributed by atoms with Crippen molar-refractivity contribution in [1.29, 1.82) is 0 Å². The summed E-state index contributed by atoms with van der Waals surface area (Å²) in [5, 5.41) is 10.5. The van der Waals surface area contributed by atoms with Crippen LogP contribution in [-0.2, 0) is 19.0 Å². The minimum Gasteiger partial charge on any atom is -0.459 e. The number of allylic oxidation sites excluding steroid dienone is 1. The van der Waals surface area contributed by atoms with Crippen molar-refractivity contribution in [3.05, 3.63) is 71.9 Å². The van der Waals surface area contributed by atoms with E-state index < -0.39 is 6.10 Å². The van der Waals surface area contributed by atoms with Crippen LogP contribution in [0, 0.1) is 5.92 Å². The smallest absolute Gasteiger partial charge is 0.330 e. The van der Waals surface area contributed by atoms with Gasteiger partial charge in [0.1, 0.15) is 6.10 Å². The molecule has 5 heteroatoms. The second kappa shape index (κ2) is 14.4. The molecule has 0 amide bonds. The lowest BCUT2D eigenvalue weighted by atomic mass is 9.93. The van der Waals surface area contributed by atoms with E-state index in [4.69, 9.17) is 14.2 Å². The first kappa shape index (κ1) is 27.4. The van der Waals surface area contributed by atoms with Crippen LogP contribution < -0.4 is 0 Å². The molecule has 3 aliphatic heterocycles. The molecule has 6 atom stereocenters. The van der Waals surface area contributed by atoms with Gasteiger partial charge in [0, 0.05) is 18.9 Å². The van der Waals surface area contributed by atoms with Gasteiger partial charge in [-0.15, -0.1) is 0 Å². The monoisotopic (exact) mass is 482 g/mol. The zero-order valence-corrected chi connectivity index (χ0v) is 21.5. The first-order valence-electron chi connectivity index (χ1n) is 13.0. The van der Waals surface area contributed by atoms with Gasteiger partial charge >= 0.3 is 5.97 Å². The Morgan fingerprint density at radius 1 is 1.06 bits per heavy atom. The van der Waals surface area contributed by atoms with Gasteiger partial charge in [0.05, 0.1) is 31.0 Å². The Morgan fingerprint density at radius 2 is 1.89 bits per heavy atom. The number of carbonyl (C=O) groups excluding carboxylic acids is 1. The molecule has 0 fully saturated rings. The third-order valence-corrected chi connectivity index (χ3v) is 6.56. The fourth-order valence-electron chi connectivity index (χ4n) is 4.86. The van der Waals surface area contributed by atoms with Crippen molar-refractivity contribution in [1.82, 2.24) is 0 Å². The van der Waals surface area contributed by atoms with E-state index in [1.165, 1.54) is 17.2 Å². The van der Waals surface area contributed by atoms with Crippen LogP contribution in [-0.4, -0.2) is 48.2 Å². The van der Waals surface area contributed by atoms with Gasteiger partial charge in [0.2, 0.25) is 0 Å². The maximum absolute atomic E-state index is 12.5. The highest BCUT2D eigenvalue weighted by molar-refractivity contribution is 5.82. The number of hydrogen-bond acceptors (Lipinski definition) is 5. The van der Waals surface area contributed by atoms with E-state index in [-0.39, 0.29) is 30.4 Å². The fourth-order valence-corrected chi connectivity index (χ4v) is 4.86. The molecule has 0 radical (unpaired) electrons. The summed E-state index contributed by atoms with van der Waals surface area (Å²) in [6.07, 6.45) is 24.1. The van der Waals surface area contributed by atoms with Gasteiger partial charge in [0.25, 0.3) is 0 Å². The highest BCUT2D eigenvalue weighted by Crippen LogP contribution is 2.25. The Bertz CT molecular complexity index is 862. The van der Waals surface area contributed by atoms with Crippen molar-refractivity contribution in [2.45, 2.75) is 96.2 Å². The number of rotatable bonds is 3. The van der Waals surface area contributed by atoms with E-state index in [0.717, 1.165) is 25.7 Å². The number of fused-ring (bicyclic) bond motifs is 2.